The third-order valence-corrected chi connectivity index (χ3v) is 6.93. The number of benzene rings is 1. The van der Waals surface area contributed by atoms with E-state index in [0.29, 0.717) is 17.9 Å². The van der Waals surface area contributed by atoms with Crippen LogP contribution in [0.5, 0.6) is 0 Å². The van der Waals surface area contributed by atoms with Crippen LogP contribution in [0.4, 0.5) is 0 Å². The molecule has 2 aliphatic heterocycles. The molecule has 1 aromatic carbocycles. The first-order valence-corrected chi connectivity index (χ1v) is 11.3. The van der Waals surface area contributed by atoms with Crippen molar-refractivity contribution in [1.82, 2.24) is 9.80 Å². The lowest BCUT2D eigenvalue weighted by molar-refractivity contribution is -0.137. The summed E-state index contributed by atoms with van der Waals surface area (Å²) < 4.78 is 5.82. The average Bonchev–Trinajstić information content (AvgIpc) is 3.36. The van der Waals surface area contributed by atoms with Crippen LogP contribution in [0.15, 0.2) is 24.3 Å². The van der Waals surface area contributed by atoms with Gasteiger partial charge in [-0.2, -0.15) is 0 Å². The Bertz CT molecular complexity index is 635. The van der Waals surface area contributed by atoms with Crippen molar-refractivity contribution >= 4 is 5.91 Å². The fourth-order valence-corrected chi connectivity index (χ4v) is 5.26. The van der Waals surface area contributed by atoms with Crippen LogP contribution in [0.3, 0.4) is 0 Å². The average molecular weight is 385 g/mol. The van der Waals surface area contributed by atoms with Gasteiger partial charge in [0.05, 0.1) is 6.10 Å². The topological polar surface area (TPSA) is 32.8 Å². The molecule has 2 saturated heterocycles. The molecule has 0 radical (unpaired) electrons. The van der Waals surface area contributed by atoms with Crippen LogP contribution < -0.4 is 0 Å². The van der Waals surface area contributed by atoms with E-state index in [2.05, 4.69) is 34.1 Å². The Morgan fingerprint density at radius 3 is 2.36 bits per heavy atom. The third-order valence-electron chi connectivity index (χ3n) is 6.93. The highest BCUT2D eigenvalue weighted by molar-refractivity contribution is 5.78. The maximum Gasteiger partial charge on any atom is 0.225 e. The Labute approximate surface area is 170 Å². The minimum atomic E-state index is 0.0680. The summed E-state index contributed by atoms with van der Waals surface area (Å²) >= 11 is 0. The van der Waals surface area contributed by atoms with Gasteiger partial charge in [0.25, 0.3) is 0 Å². The summed E-state index contributed by atoms with van der Waals surface area (Å²) in [6.07, 6.45) is 7.31. The smallest absolute Gasteiger partial charge is 0.225 e. The van der Waals surface area contributed by atoms with E-state index in [9.17, 15) is 4.79 Å². The minimum absolute atomic E-state index is 0.0680. The number of carbonyl (C=O) groups excluding carboxylic acids is 1. The van der Waals surface area contributed by atoms with Crippen molar-refractivity contribution in [2.24, 2.45) is 11.8 Å². The first-order chi connectivity index (χ1) is 13.6. The van der Waals surface area contributed by atoms with Gasteiger partial charge < -0.3 is 9.64 Å². The van der Waals surface area contributed by atoms with Crippen LogP contribution in [-0.4, -0.2) is 60.6 Å². The predicted octanol–water partition coefficient (Wildman–Crippen LogP) is 3.53. The highest BCUT2D eigenvalue weighted by atomic mass is 16.5. The van der Waals surface area contributed by atoms with Gasteiger partial charge >= 0.3 is 0 Å². The number of hydrogen-bond acceptors (Lipinski definition) is 3. The summed E-state index contributed by atoms with van der Waals surface area (Å²) in [5.41, 5.74) is 3.08. The highest BCUT2D eigenvalue weighted by Gasteiger charge is 2.32. The number of likely N-dealkylation sites (tertiary alicyclic amines) is 1. The van der Waals surface area contributed by atoms with Crippen LogP contribution in [0.2, 0.25) is 0 Å². The second-order valence-corrected chi connectivity index (χ2v) is 9.34. The fraction of sp³-hybridized carbons (Fsp3) is 0.708. The largest absolute Gasteiger partial charge is 0.376 e. The van der Waals surface area contributed by atoms with Gasteiger partial charge in [-0.05, 0) is 68.7 Å². The number of rotatable bonds is 6. The molecular formula is C24H36N2O2. The van der Waals surface area contributed by atoms with Gasteiger partial charge in [0.1, 0.15) is 0 Å². The monoisotopic (exact) mass is 384 g/mol. The third kappa shape index (κ3) is 4.60. The van der Waals surface area contributed by atoms with Crippen molar-refractivity contribution in [3.05, 3.63) is 35.4 Å². The zero-order valence-electron chi connectivity index (χ0n) is 17.6. The summed E-state index contributed by atoms with van der Waals surface area (Å²) in [7, 11) is 0. The Hall–Kier alpha value is -1.39. The first-order valence-electron chi connectivity index (χ1n) is 11.3. The van der Waals surface area contributed by atoms with Crippen LogP contribution in [-0.2, 0) is 22.4 Å². The number of nitrogens with zero attached hydrogens (tertiary/aromatic N) is 2. The Kier molecular flexibility index (Phi) is 6.37. The number of carbonyl (C=O) groups is 1. The lowest BCUT2D eigenvalue weighted by Crippen LogP contribution is -2.47. The van der Waals surface area contributed by atoms with E-state index in [-0.39, 0.29) is 12.0 Å². The van der Waals surface area contributed by atoms with E-state index in [4.69, 9.17) is 4.74 Å². The molecule has 1 aliphatic carbocycles. The van der Waals surface area contributed by atoms with Crippen molar-refractivity contribution in [3.8, 4) is 0 Å². The molecule has 3 aliphatic rings. The summed E-state index contributed by atoms with van der Waals surface area (Å²) in [6, 6.07) is 9.60. The second-order valence-electron chi connectivity index (χ2n) is 9.34. The van der Waals surface area contributed by atoms with E-state index in [1.54, 1.807) is 11.1 Å². The SMILES string of the molecule is CC(C)C(=O)N(CC1CCN(C2Cc3ccccc3C2)CC1)C[C@H]1CCCO1. The number of piperidine rings is 1. The highest BCUT2D eigenvalue weighted by Crippen LogP contribution is 2.29. The van der Waals surface area contributed by atoms with Crippen LogP contribution >= 0.6 is 0 Å². The molecule has 28 heavy (non-hydrogen) atoms. The van der Waals surface area contributed by atoms with Gasteiger partial charge in [-0.25, -0.2) is 0 Å². The molecule has 0 aromatic heterocycles. The summed E-state index contributed by atoms with van der Waals surface area (Å²) in [5.74, 6) is 0.992. The van der Waals surface area contributed by atoms with E-state index in [0.717, 1.165) is 32.5 Å². The number of ether oxygens (including phenoxy) is 1. The molecule has 0 spiro atoms. The van der Waals surface area contributed by atoms with Crippen molar-refractivity contribution in [1.29, 1.82) is 0 Å². The molecule has 1 atom stereocenters. The number of amides is 1. The standard InChI is InChI=1S/C24H36N2O2/c1-18(2)24(27)26(17-23-8-5-13-28-23)16-19-9-11-25(12-10-19)22-14-20-6-3-4-7-21(20)15-22/h3-4,6-7,18-19,22-23H,5,8-17H2,1-2H3/t23-/m1/s1. The zero-order chi connectivity index (χ0) is 19.5. The van der Waals surface area contributed by atoms with E-state index in [1.807, 2.05) is 13.8 Å². The number of hydrogen-bond donors (Lipinski definition) is 0. The molecule has 0 unspecified atom stereocenters. The second kappa shape index (κ2) is 8.96. The van der Waals surface area contributed by atoms with Crippen LogP contribution in [0, 0.1) is 11.8 Å². The Balaban J connectivity index is 1.29. The lowest BCUT2D eigenvalue weighted by Gasteiger charge is -2.38. The molecule has 0 bridgehead atoms. The van der Waals surface area contributed by atoms with Crippen molar-refractivity contribution in [3.63, 3.8) is 0 Å². The van der Waals surface area contributed by atoms with E-state index in [1.165, 1.54) is 38.8 Å². The fourth-order valence-electron chi connectivity index (χ4n) is 5.26. The Morgan fingerprint density at radius 1 is 1.11 bits per heavy atom. The molecule has 1 aromatic rings. The van der Waals surface area contributed by atoms with Crippen LogP contribution in [0.1, 0.15) is 50.7 Å². The van der Waals surface area contributed by atoms with Gasteiger partial charge in [0, 0.05) is 31.7 Å². The van der Waals surface area contributed by atoms with Gasteiger partial charge in [-0.1, -0.05) is 38.1 Å². The zero-order valence-corrected chi connectivity index (χ0v) is 17.6. The van der Waals surface area contributed by atoms with E-state index >= 15 is 0 Å². The first kappa shape index (κ1) is 19.9. The summed E-state index contributed by atoms with van der Waals surface area (Å²) in [6.45, 7) is 8.94. The number of fused-ring (bicyclic) bond motifs is 1. The molecule has 4 nitrogen and oxygen atoms in total. The van der Waals surface area contributed by atoms with Gasteiger partial charge in [-0.15, -0.1) is 0 Å². The molecule has 154 valence electrons. The minimum Gasteiger partial charge on any atom is -0.376 e. The molecular weight excluding hydrogens is 348 g/mol. The van der Waals surface area contributed by atoms with Crippen LogP contribution in [0.25, 0.3) is 0 Å². The normalized spacial score (nSPS) is 24.0. The lowest BCUT2D eigenvalue weighted by atomic mass is 9.94. The van der Waals surface area contributed by atoms with Crippen molar-refractivity contribution in [2.45, 2.75) is 64.5 Å². The molecule has 2 fully saturated rings. The summed E-state index contributed by atoms with van der Waals surface area (Å²) in [4.78, 5) is 17.6. The van der Waals surface area contributed by atoms with Crippen molar-refractivity contribution in [2.75, 3.05) is 32.8 Å². The molecule has 4 heteroatoms. The molecule has 0 N–H and O–H groups in total. The molecule has 0 saturated carbocycles. The molecule has 2 heterocycles. The Morgan fingerprint density at radius 2 is 1.79 bits per heavy atom. The maximum atomic E-state index is 12.8. The van der Waals surface area contributed by atoms with Gasteiger partial charge in [0.15, 0.2) is 0 Å². The quantitative estimate of drug-likeness (QED) is 0.752. The van der Waals surface area contributed by atoms with Gasteiger partial charge in [-0.3, -0.25) is 9.69 Å². The molecule has 4 rings (SSSR count). The summed E-state index contributed by atoms with van der Waals surface area (Å²) in [5, 5.41) is 0. The molecule has 1 amide bonds. The maximum absolute atomic E-state index is 12.8. The predicted molar refractivity (Wildman–Crippen MR) is 112 cm³/mol. The van der Waals surface area contributed by atoms with E-state index < -0.39 is 0 Å². The van der Waals surface area contributed by atoms with Gasteiger partial charge in [0.2, 0.25) is 5.91 Å². The van der Waals surface area contributed by atoms with Crippen molar-refractivity contribution < 1.29 is 9.53 Å².